The third-order valence-electron chi connectivity index (χ3n) is 4.89. The van der Waals surface area contributed by atoms with Crippen LogP contribution in [0.2, 0.25) is 0 Å². The lowest BCUT2D eigenvalue weighted by Gasteiger charge is -2.28. The van der Waals surface area contributed by atoms with E-state index in [1.54, 1.807) is 12.1 Å². The molecule has 0 spiro atoms. The molecule has 12 heteroatoms. The molecule has 1 aliphatic carbocycles. The van der Waals surface area contributed by atoms with Crippen LogP contribution in [0.1, 0.15) is 30.1 Å². The molecule has 1 fully saturated rings. The van der Waals surface area contributed by atoms with Crippen molar-refractivity contribution < 1.29 is 30.8 Å². The number of pyridine rings is 1. The highest BCUT2D eigenvalue weighted by Crippen LogP contribution is 2.34. The lowest BCUT2D eigenvalue weighted by Crippen LogP contribution is -2.56. The minimum atomic E-state index is -4.89. The highest BCUT2D eigenvalue weighted by Gasteiger charge is 2.46. The summed E-state index contributed by atoms with van der Waals surface area (Å²) in [7, 11) is -4.05. The van der Waals surface area contributed by atoms with Gasteiger partial charge in [0.05, 0.1) is 22.9 Å². The number of nitrogens with two attached hydrogens (primary N) is 1. The zero-order chi connectivity index (χ0) is 23.6. The molecule has 1 saturated carbocycles. The summed E-state index contributed by atoms with van der Waals surface area (Å²) in [6.45, 7) is 0. The highest BCUT2D eigenvalue weighted by molar-refractivity contribution is 7.90. The summed E-state index contributed by atoms with van der Waals surface area (Å²) in [6.07, 6.45) is -2.66. The van der Waals surface area contributed by atoms with Crippen LogP contribution >= 0.6 is 0 Å². The van der Waals surface area contributed by atoms with Crippen LogP contribution in [-0.2, 0) is 20.4 Å². The number of carbonyl (C=O) groups excluding carboxylic acids is 1. The number of nitrogens with zero attached hydrogens (tertiary/aromatic N) is 1. The van der Waals surface area contributed by atoms with Gasteiger partial charge in [0.2, 0.25) is 5.91 Å². The van der Waals surface area contributed by atoms with E-state index in [1.807, 2.05) is 0 Å². The van der Waals surface area contributed by atoms with Crippen molar-refractivity contribution in [1.29, 1.82) is 0 Å². The van der Waals surface area contributed by atoms with Gasteiger partial charge in [-0.1, -0.05) is 18.2 Å². The van der Waals surface area contributed by atoms with E-state index in [4.69, 9.17) is 5.73 Å². The van der Waals surface area contributed by atoms with E-state index in [2.05, 4.69) is 15.6 Å². The number of hydrogen-bond donors (Lipinski definition) is 3. The molecular formula is C20H22F4N4O3S. The van der Waals surface area contributed by atoms with Crippen molar-refractivity contribution in [2.75, 3.05) is 5.75 Å². The number of amides is 1. The molecular weight excluding hydrogens is 452 g/mol. The minimum absolute atomic E-state index is 0.190. The van der Waals surface area contributed by atoms with Gasteiger partial charge in [-0.3, -0.25) is 15.1 Å². The Labute approximate surface area is 182 Å². The number of carbonyl (C=O) groups is 1. The van der Waals surface area contributed by atoms with Crippen LogP contribution in [0.5, 0.6) is 0 Å². The first-order chi connectivity index (χ1) is 14.9. The van der Waals surface area contributed by atoms with E-state index in [0.29, 0.717) is 12.8 Å². The third kappa shape index (κ3) is 6.71. The maximum Gasteiger partial charge on any atom is 0.407 e. The zero-order valence-corrected chi connectivity index (χ0v) is 17.6. The summed E-state index contributed by atoms with van der Waals surface area (Å²) >= 11 is 0. The molecule has 174 valence electrons. The number of halogens is 4. The van der Waals surface area contributed by atoms with Crippen molar-refractivity contribution in [2.45, 2.75) is 42.5 Å². The van der Waals surface area contributed by atoms with E-state index in [-0.39, 0.29) is 11.3 Å². The number of alkyl halides is 3. The van der Waals surface area contributed by atoms with Gasteiger partial charge in [-0.25, -0.2) is 12.8 Å². The first-order valence-electron chi connectivity index (χ1n) is 9.66. The molecule has 7 nitrogen and oxygen atoms in total. The number of nitrogens with one attached hydrogen (secondary N) is 2. The van der Waals surface area contributed by atoms with Gasteiger partial charge in [-0.2, -0.15) is 13.2 Å². The number of hydrogen-bond acceptors (Lipinski definition) is 6. The van der Waals surface area contributed by atoms with Crippen LogP contribution in [0.15, 0.2) is 48.7 Å². The van der Waals surface area contributed by atoms with Crippen molar-refractivity contribution in [1.82, 2.24) is 15.6 Å². The van der Waals surface area contributed by atoms with Gasteiger partial charge in [-0.15, -0.1) is 0 Å². The molecule has 0 aliphatic heterocycles. The SMILES string of the molecule is NC1(NC(=O)[C@H](CS(=O)(=O)Cc2ccccn2)N[C@@H](c2ccc(F)cc2)C(F)(F)F)CC1. The molecule has 0 bridgehead atoms. The monoisotopic (exact) mass is 474 g/mol. The van der Waals surface area contributed by atoms with Crippen molar-refractivity contribution >= 4 is 15.7 Å². The topological polar surface area (TPSA) is 114 Å². The van der Waals surface area contributed by atoms with E-state index >= 15 is 0 Å². The molecule has 0 radical (unpaired) electrons. The number of aromatic nitrogens is 1. The van der Waals surface area contributed by atoms with Crippen LogP contribution in [0, 0.1) is 5.82 Å². The normalized spacial score (nSPS) is 17.4. The molecule has 3 rings (SSSR count). The molecule has 2 aromatic rings. The maximum absolute atomic E-state index is 13.8. The Morgan fingerprint density at radius 3 is 2.34 bits per heavy atom. The first kappa shape index (κ1) is 24.1. The second-order valence-corrected chi connectivity index (χ2v) is 9.88. The summed E-state index contributed by atoms with van der Waals surface area (Å²) in [5.41, 5.74) is 4.59. The van der Waals surface area contributed by atoms with Crippen LogP contribution in [-0.4, -0.2) is 42.9 Å². The fourth-order valence-electron chi connectivity index (χ4n) is 3.05. The van der Waals surface area contributed by atoms with Crippen molar-refractivity contribution in [3.8, 4) is 0 Å². The van der Waals surface area contributed by atoms with Crippen molar-refractivity contribution in [3.05, 3.63) is 65.7 Å². The quantitative estimate of drug-likeness (QED) is 0.378. The average molecular weight is 474 g/mol. The summed E-state index contributed by atoms with van der Waals surface area (Å²) < 4.78 is 79.9. The Morgan fingerprint density at radius 1 is 1.16 bits per heavy atom. The Balaban J connectivity index is 1.86. The molecule has 1 heterocycles. The second-order valence-electron chi connectivity index (χ2n) is 7.77. The Bertz CT molecular complexity index is 1040. The van der Waals surface area contributed by atoms with Gasteiger partial charge in [0.15, 0.2) is 9.84 Å². The zero-order valence-electron chi connectivity index (χ0n) is 16.8. The van der Waals surface area contributed by atoms with Gasteiger partial charge in [0.1, 0.15) is 17.9 Å². The Hall–Kier alpha value is -2.57. The van der Waals surface area contributed by atoms with Crippen LogP contribution in [0.4, 0.5) is 17.6 Å². The summed E-state index contributed by atoms with van der Waals surface area (Å²) in [6, 6.07) is 3.98. The molecule has 32 heavy (non-hydrogen) atoms. The van der Waals surface area contributed by atoms with Gasteiger partial charge in [0, 0.05) is 6.20 Å². The fourth-order valence-corrected chi connectivity index (χ4v) is 4.54. The number of rotatable bonds is 9. The van der Waals surface area contributed by atoms with Crippen LogP contribution in [0.3, 0.4) is 0 Å². The minimum Gasteiger partial charge on any atom is -0.337 e. The van der Waals surface area contributed by atoms with Gasteiger partial charge < -0.3 is 11.1 Å². The van der Waals surface area contributed by atoms with E-state index < -0.39 is 57.0 Å². The maximum atomic E-state index is 13.8. The molecule has 0 saturated heterocycles. The molecule has 1 aromatic heterocycles. The Kier molecular flexibility index (Phi) is 6.86. The molecule has 4 N–H and O–H groups in total. The molecule has 0 unspecified atom stereocenters. The van der Waals surface area contributed by atoms with E-state index in [9.17, 15) is 30.8 Å². The highest BCUT2D eigenvalue weighted by atomic mass is 32.2. The lowest BCUT2D eigenvalue weighted by molar-refractivity contribution is -0.160. The molecule has 2 atom stereocenters. The lowest BCUT2D eigenvalue weighted by atomic mass is 10.1. The smallest absolute Gasteiger partial charge is 0.337 e. The van der Waals surface area contributed by atoms with Crippen LogP contribution in [0.25, 0.3) is 0 Å². The summed E-state index contributed by atoms with van der Waals surface area (Å²) in [5, 5.41) is 4.51. The molecule has 1 aliphatic rings. The standard InChI is InChI=1S/C20H22F4N4O3S/c21-14-6-4-13(5-7-14)17(20(22,23)24)27-16(18(29)28-19(25)8-9-19)12-32(30,31)11-15-3-1-2-10-26-15/h1-7,10,16-17,27H,8-9,11-12,25H2,(H,28,29)/t16-,17-/m0/s1. The molecule has 1 aromatic carbocycles. The van der Waals surface area contributed by atoms with E-state index in [1.165, 1.54) is 12.3 Å². The predicted molar refractivity (Wildman–Crippen MR) is 108 cm³/mol. The van der Waals surface area contributed by atoms with E-state index in [0.717, 1.165) is 24.3 Å². The summed E-state index contributed by atoms with van der Waals surface area (Å²) in [4.78, 5) is 16.6. The second kappa shape index (κ2) is 9.12. The van der Waals surface area contributed by atoms with Crippen molar-refractivity contribution in [3.63, 3.8) is 0 Å². The number of sulfone groups is 1. The van der Waals surface area contributed by atoms with Crippen LogP contribution < -0.4 is 16.4 Å². The molecule has 1 amide bonds. The summed E-state index contributed by atoms with van der Waals surface area (Å²) in [5.74, 6) is -3.17. The third-order valence-corrected chi connectivity index (χ3v) is 6.47. The van der Waals surface area contributed by atoms with Gasteiger partial charge >= 0.3 is 6.18 Å². The average Bonchev–Trinajstić information content (AvgIpc) is 3.42. The van der Waals surface area contributed by atoms with Gasteiger partial charge in [-0.05, 0) is 42.7 Å². The fraction of sp³-hybridized carbons (Fsp3) is 0.400. The number of benzene rings is 1. The predicted octanol–water partition coefficient (Wildman–Crippen LogP) is 1.96. The van der Waals surface area contributed by atoms with Gasteiger partial charge in [0.25, 0.3) is 0 Å². The first-order valence-corrected chi connectivity index (χ1v) is 11.5. The largest absolute Gasteiger partial charge is 0.407 e. The Morgan fingerprint density at radius 2 is 1.81 bits per heavy atom. The van der Waals surface area contributed by atoms with Crippen molar-refractivity contribution in [2.24, 2.45) is 5.73 Å².